The highest BCUT2D eigenvalue weighted by atomic mass is 127. The molecule has 1 aliphatic rings. The number of methoxy groups -OCH3 is 2. The number of hydrogen-bond donors (Lipinski definition) is 2. The largest absolute Gasteiger partial charge is 0.493 e. The van der Waals surface area contributed by atoms with Crippen molar-refractivity contribution in [1.29, 1.82) is 0 Å². The Morgan fingerprint density at radius 3 is 2.45 bits per heavy atom. The first-order valence-electron chi connectivity index (χ1n) is 10.7. The fourth-order valence-electron chi connectivity index (χ4n) is 3.42. The summed E-state index contributed by atoms with van der Waals surface area (Å²) in [5.74, 6) is 1.97. The fourth-order valence-corrected chi connectivity index (χ4v) is 3.42. The Morgan fingerprint density at radius 2 is 1.82 bits per heavy atom. The lowest BCUT2D eigenvalue weighted by atomic mass is 10.1. The molecule has 1 saturated heterocycles. The minimum atomic E-state index is -0.404. The highest BCUT2D eigenvalue weighted by Gasteiger charge is 2.14. The van der Waals surface area contributed by atoms with Crippen LogP contribution in [0.5, 0.6) is 11.5 Å². The molecular weight excluding hydrogens is 539 g/mol. The molecule has 2 aromatic rings. The minimum absolute atomic E-state index is 0. The molecule has 1 fully saturated rings. The first-order chi connectivity index (χ1) is 15.6. The first kappa shape index (κ1) is 26.7. The van der Waals surface area contributed by atoms with Crippen molar-refractivity contribution in [2.24, 2.45) is 4.99 Å². The summed E-state index contributed by atoms with van der Waals surface area (Å²) >= 11 is 0. The maximum Gasteiger partial charge on any atom is 0.269 e. The van der Waals surface area contributed by atoms with E-state index in [-0.39, 0.29) is 35.8 Å². The van der Waals surface area contributed by atoms with Gasteiger partial charge in [0.15, 0.2) is 17.5 Å². The molecule has 10 heteroatoms. The summed E-state index contributed by atoms with van der Waals surface area (Å²) in [4.78, 5) is 15.2. The van der Waals surface area contributed by atoms with Crippen LogP contribution in [0.2, 0.25) is 0 Å². The van der Waals surface area contributed by atoms with E-state index >= 15 is 0 Å². The third-order valence-electron chi connectivity index (χ3n) is 5.25. The lowest BCUT2D eigenvalue weighted by Gasteiger charge is -2.24. The van der Waals surface area contributed by atoms with E-state index in [0.717, 1.165) is 30.6 Å². The molecule has 0 amide bonds. The van der Waals surface area contributed by atoms with Gasteiger partial charge in [0.1, 0.15) is 0 Å². The Bertz CT molecular complexity index is 918. The molecule has 3 rings (SSSR count). The van der Waals surface area contributed by atoms with Gasteiger partial charge in [0.25, 0.3) is 5.69 Å². The molecular formula is C23H31IN4O5. The van der Waals surface area contributed by atoms with Crippen molar-refractivity contribution in [3.63, 3.8) is 0 Å². The number of halogens is 1. The summed E-state index contributed by atoms with van der Waals surface area (Å²) in [5, 5.41) is 17.5. The van der Waals surface area contributed by atoms with E-state index in [0.29, 0.717) is 37.1 Å². The number of guanidine groups is 1. The molecule has 9 nitrogen and oxygen atoms in total. The Morgan fingerprint density at radius 1 is 1.09 bits per heavy atom. The zero-order chi connectivity index (χ0) is 22.8. The molecule has 0 bridgehead atoms. The molecule has 1 atom stereocenters. The second-order valence-corrected chi connectivity index (χ2v) is 7.50. The maximum atomic E-state index is 10.9. The summed E-state index contributed by atoms with van der Waals surface area (Å²) in [7, 11) is 3.21. The van der Waals surface area contributed by atoms with Gasteiger partial charge in [-0.2, -0.15) is 0 Å². The van der Waals surface area contributed by atoms with Crippen LogP contribution in [0.4, 0.5) is 5.69 Å². The average Bonchev–Trinajstić information content (AvgIpc) is 2.84. The SMILES string of the molecule is COc1ccc(CN=C(NCc2ccc([N+](=O)[O-])cc2)NCC2CCCCO2)cc1OC.I. The van der Waals surface area contributed by atoms with Crippen molar-refractivity contribution in [1.82, 2.24) is 10.6 Å². The number of non-ortho nitro benzene ring substituents is 1. The molecule has 0 radical (unpaired) electrons. The van der Waals surface area contributed by atoms with Gasteiger partial charge >= 0.3 is 0 Å². The van der Waals surface area contributed by atoms with Gasteiger partial charge in [0.05, 0.1) is 31.8 Å². The Kier molecular flexibility index (Phi) is 11.2. The van der Waals surface area contributed by atoms with E-state index in [4.69, 9.17) is 19.2 Å². The number of benzene rings is 2. The lowest BCUT2D eigenvalue weighted by Crippen LogP contribution is -2.42. The molecule has 1 unspecified atom stereocenters. The Labute approximate surface area is 211 Å². The zero-order valence-electron chi connectivity index (χ0n) is 18.9. The van der Waals surface area contributed by atoms with Crippen LogP contribution in [0.25, 0.3) is 0 Å². The van der Waals surface area contributed by atoms with Crippen LogP contribution in [0.15, 0.2) is 47.5 Å². The van der Waals surface area contributed by atoms with E-state index in [9.17, 15) is 10.1 Å². The van der Waals surface area contributed by atoms with Gasteiger partial charge in [-0.1, -0.05) is 18.2 Å². The number of hydrogen-bond acceptors (Lipinski definition) is 6. The van der Waals surface area contributed by atoms with Crippen molar-refractivity contribution < 1.29 is 19.1 Å². The van der Waals surface area contributed by atoms with Crippen LogP contribution in [-0.2, 0) is 17.8 Å². The molecule has 0 aliphatic carbocycles. The van der Waals surface area contributed by atoms with E-state index in [1.807, 2.05) is 18.2 Å². The molecule has 180 valence electrons. The normalized spacial score (nSPS) is 15.8. The standard InChI is InChI=1S/C23H30N4O5.HI/c1-30-21-11-8-18(13-22(21)31-2)15-25-23(26-16-20-5-3-4-12-32-20)24-14-17-6-9-19(10-7-17)27(28)29;/h6-11,13,20H,3-5,12,14-16H2,1-2H3,(H2,24,25,26);1H. The van der Waals surface area contributed by atoms with Gasteiger partial charge in [0, 0.05) is 31.8 Å². The molecule has 1 heterocycles. The van der Waals surface area contributed by atoms with Crippen LogP contribution >= 0.6 is 24.0 Å². The summed E-state index contributed by atoms with van der Waals surface area (Å²) in [6.45, 7) is 2.39. The number of nitrogens with one attached hydrogen (secondary N) is 2. The summed E-state index contributed by atoms with van der Waals surface area (Å²) in [6, 6.07) is 12.2. The van der Waals surface area contributed by atoms with Crippen molar-refractivity contribution >= 4 is 35.6 Å². The van der Waals surface area contributed by atoms with E-state index in [1.54, 1.807) is 26.4 Å². The lowest BCUT2D eigenvalue weighted by molar-refractivity contribution is -0.384. The molecule has 0 saturated carbocycles. The second-order valence-electron chi connectivity index (χ2n) is 7.50. The number of rotatable bonds is 9. The van der Waals surface area contributed by atoms with Crippen molar-refractivity contribution in [2.45, 2.75) is 38.5 Å². The Balaban J connectivity index is 0.00000385. The molecule has 0 spiro atoms. The van der Waals surface area contributed by atoms with Crippen molar-refractivity contribution in [2.75, 3.05) is 27.4 Å². The van der Waals surface area contributed by atoms with Gasteiger partial charge < -0.3 is 24.8 Å². The zero-order valence-corrected chi connectivity index (χ0v) is 21.2. The average molecular weight is 570 g/mol. The molecule has 33 heavy (non-hydrogen) atoms. The molecule has 1 aliphatic heterocycles. The van der Waals surface area contributed by atoms with Crippen LogP contribution < -0.4 is 20.1 Å². The summed E-state index contributed by atoms with van der Waals surface area (Å²) in [5.41, 5.74) is 1.97. The van der Waals surface area contributed by atoms with Crippen LogP contribution in [-0.4, -0.2) is 44.4 Å². The van der Waals surface area contributed by atoms with Crippen LogP contribution in [0, 0.1) is 10.1 Å². The monoisotopic (exact) mass is 570 g/mol. The highest BCUT2D eigenvalue weighted by Crippen LogP contribution is 2.27. The number of nitro groups is 1. The second kappa shape index (κ2) is 13.8. The first-order valence-corrected chi connectivity index (χ1v) is 10.7. The van der Waals surface area contributed by atoms with Gasteiger partial charge in [-0.25, -0.2) is 4.99 Å². The quantitative estimate of drug-likeness (QED) is 0.154. The molecule has 2 N–H and O–H groups in total. The predicted molar refractivity (Wildman–Crippen MR) is 138 cm³/mol. The van der Waals surface area contributed by atoms with E-state index < -0.39 is 4.92 Å². The van der Waals surface area contributed by atoms with Crippen LogP contribution in [0.1, 0.15) is 30.4 Å². The maximum absolute atomic E-state index is 10.9. The summed E-state index contributed by atoms with van der Waals surface area (Å²) in [6.07, 6.45) is 3.46. The van der Waals surface area contributed by atoms with E-state index in [2.05, 4.69) is 10.6 Å². The fraction of sp³-hybridized carbons (Fsp3) is 0.435. The molecule has 0 aromatic heterocycles. The third-order valence-corrected chi connectivity index (χ3v) is 5.25. The number of nitrogens with zero attached hydrogens (tertiary/aromatic N) is 2. The highest BCUT2D eigenvalue weighted by molar-refractivity contribution is 14.0. The predicted octanol–water partition coefficient (Wildman–Crippen LogP) is 4.03. The number of ether oxygens (including phenoxy) is 3. The summed E-state index contributed by atoms with van der Waals surface area (Å²) < 4.78 is 16.5. The van der Waals surface area contributed by atoms with Gasteiger partial charge in [0.2, 0.25) is 0 Å². The van der Waals surface area contributed by atoms with Crippen molar-refractivity contribution in [3.05, 3.63) is 63.7 Å². The van der Waals surface area contributed by atoms with Crippen molar-refractivity contribution in [3.8, 4) is 11.5 Å². The molecule has 2 aromatic carbocycles. The Hall–Kier alpha value is -2.60. The smallest absolute Gasteiger partial charge is 0.269 e. The van der Waals surface area contributed by atoms with Gasteiger partial charge in [-0.15, -0.1) is 24.0 Å². The number of nitro benzene ring substituents is 1. The van der Waals surface area contributed by atoms with Gasteiger partial charge in [-0.3, -0.25) is 10.1 Å². The van der Waals surface area contributed by atoms with Gasteiger partial charge in [-0.05, 0) is 42.5 Å². The third kappa shape index (κ3) is 8.35. The van der Waals surface area contributed by atoms with E-state index in [1.165, 1.54) is 18.6 Å². The topological polar surface area (TPSA) is 107 Å². The van der Waals surface area contributed by atoms with Crippen LogP contribution in [0.3, 0.4) is 0 Å². The minimum Gasteiger partial charge on any atom is -0.493 e. The number of aliphatic imine (C=N–C) groups is 1.